The van der Waals surface area contributed by atoms with Gasteiger partial charge < -0.3 is 20.3 Å². The lowest BCUT2D eigenvalue weighted by Crippen LogP contribution is -2.07. The number of hydrogen-bond acceptors (Lipinski definition) is 5. The molecule has 0 aliphatic heterocycles. The molecule has 0 radical (unpaired) electrons. The second-order valence-electron chi connectivity index (χ2n) is 3.60. The Bertz CT molecular complexity index is 466. The molecule has 0 spiro atoms. The Balaban J connectivity index is 2.77. The van der Waals surface area contributed by atoms with Crippen molar-refractivity contribution in [3.8, 4) is 0 Å². The third-order valence-electron chi connectivity index (χ3n) is 1.79. The maximum atomic E-state index is 11.4. The van der Waals surface area contributed by atoms with Crippen LogP contribution in [0.15, 0.2) is 5.38 Å². The van der Waals surface area contributed by atoms with E-state index in [2.05, 4.69) is 9.72 Å². The summed E-state index contributed by atoms with van der Waals surface area (Å²) in [5.41, 5.74) is 5.65. The van der Waals surface area contributed by atoms with E-state index in [1.54, 1.807) is 5.38 Å². The van der Waals surface area contributed by atoms with Crippen LogP contribution < -0.4 is 5.73 Å². The van der Waals surface area contributed by atoms with Crippen molar-refractivity contribution in [1.29, 1.82) is 0 Å². The van der Waals surface area contributed by atoms with E-state index in [4.69, 9.17) is 15.5 Å². The summed E-state index contributed by atoms with van der Waals surface area (Å²) in [7, 11) is -4.79. The van der Waals surface area contributed by atoms with Gasteiger partial charge in [0.1, 0.15) is 5.25 Å². The molecule has 1 atom stereocenters. The summed E-state index contributed by atoms with van der Waals surface area (Å²) in [6.45, 7) is 3.87. The first-order chi connectivity index (χ1) is 7.70. The van der Waals surface area contributed by atoms with Gasteiger partial charge in [-0.15, -0.1) is 0 Å². The minimum absolute atomic E-state index is 0.00739. The lowest BCUT2D eigenvalue weighted by atomic mass is 10.5. The lowest BCUT2D eigenvalue weighted by Gasteiger charge is -2.02. The molecular weight excluding hydrogens is 267 g/mol. The molecule has 0 aromatic carbocycles. The van der Waals surface area contributed by atoms with Crippen LogP contribution in [-0.2, 0) is 9.30 Å². The number of nitrogens with two attached hydrogens (primary N) is 1. The third kappa shape index (κ3) is 4.08. The van der Waals surface area contributed by atoms with Crippen LogP contribution in [0.3, 0.4) is 0 Å². The molecule has 0 saturated heterocycles. The fourth-order valence-electron chi connectivity index (χ4n) is 1.07. The number of esters is 1. The third-order valence-corrected chi connectivity index (χ3v) is 4.32. The molecule has 1 aromatic rings. The predicted octanol–water partition coefficient (Wildman–Crippen LogP) is 1.29. The van der Waals surface area contributed by atoms with Crippen LogP contribution >= 0.6 is 18.1 Å². The van der Waals surface area contributed by atoms with E-state index in [9.17, 15) is 9.36 Å². The molecule has 0 bridgehead atoms. The second kappa shape index (κ2) is 5.14. The summed E-state index contributed by atoms with van der Waals surface area (Å²) in [4.78, 5) is 32.4. The van der Waals surface area contributed by atoms with Crippen LogP contribution in [0.5, 0.6) is 0 Å². The van der Waals surface area contributed by atoms with Gasteiger partial charge in [-0.25, -0.2) is 4.79 Å². The molecule has 0 aliphatic rings. The van der Waals surface area contributed by atoms with Gasteiger partial charge in [0.2, 0.25) is 5.69 Å². The summed E-state index contributed by atoms with van der Waals surface area (Å²) in [6, 6.07) is 0. The van der Waals surface area contributed by atoms with Crippen LogP contribution in [0.1, 0.15) is 29.6 Å². The molecule has 1 rings (SSSR count). The van der Waals surface area contributed by atoms with Gasteiger partial charge in [0.15, 0.2) is 11.7 Å². The Morgan fingerprint density at radius 3 is 2.65 bits per heavy atom. The fourth-order valence-corrected chi connectivity index (χ4v) is 2.82. The zero-order valence-electron chi connectivity index (χ0n) is 9.36. The molecule has 4 N–H and O–H groups in total. The Hall–Kier alpha value is -0.950. The molecular formula is C8H14N2O5PS+. The van der Waals surface area contributed by atoms with E-state index in [1.807, 2.05) is 13.8 Å². The molecule has 96 valence electrons. The summed E-state index contributed by atoms with van der Waals surface area (Å²) < 4.78 is 15.0. The first kappa shape index (κ1) is 14.1. The van der Waals surface area contributed by atoms with Gasteiger partial charge in [0.05, 0.1) is 0 Å². The molecule has 0 amide bonds. The van der Waals surface area contributed by atoms with Crippen molar-refractivity contribution in [2.75, 3.05) is 12.1 Å². The van der Waals surface area contributed by atoms with Gasteiger partial charge in [0.25, 0.3) is 0 Å². The van der Waals surface area contributed by atoms with E-state index in [0.717, 1.165) is 0 Å². The standard InChI is InChI=1S/C8H13N2O5PS/c1-5(2)17-3-6(10-8(17)9)7(11)15-4-16(12,13)14/h3,5H,4H2,1-2H3,(H3-,9,10,12,13,14)/p+1. The summed E-state index contributed by atoms with van der Waals surface area (Å²) in [5, 5.41) is 2.12. The minimum atomic E-state index is -4.36. The van der Waals surface area contributed by atoms with Crippen molar-refractivity contribution in [3.05, 3.63) is 11.1 Å². The maximum Gasteiger partial charge on any atom is 0.362 e. The molecule has 0 aliphatic carbocycles. The molecule has 7 nitrogen and oxygen atoms in total. The Labute approximate surface area is 101 Å². The number of hydrogen-bond donors (Lipinski definition) is 3. The zero-order chi connectivity index (χ0) is 13.2. The molecule has 9 heteroatoms. The first-order valence-electron chi connectivity index (χ1n) is 4.70. The van der Waals surface area contributed by atoms with E-state index in [1.165, 1.54) is 0 Å². The van der Waals surface area contributed by atoms with E-state index >= 15 is 0 Å². The highest BCUT2D eigenvalue weighted by atomic mass is 32.2. The summed E-state index contributed by atoms with van der Waals surface area (Å²) in [5.74, 6) is -0.869. The predicted molar refractivity (Wildman–Crippen MR) is 63.8 cm³/mol. The number of thiazole rings is 1. The van der Waals surface area contributed by atoms with Crippen LogP contribution in [0.25, 0.3) is 0 Å². The zero-order valence-corrected chi connectivity index (χ0v) is 11.1. The number of carbonyl (C=O) groups is 1. The lowest BCUT2D eigenvalue weighted by molar-refractivity contribution is 0.0544. The van der Waals surface area contributed by atoms with Crippen LogP contribution in [-0.4, -0.2) is 27.1 Å². The molecule has 1 heterocycles. The average Bonchev–Trinajstić information content (AvgIpc) is 2.55. The van der Waals surface area contributed by atoms with Crippen LogP contribution in [0.2, 0.25) is 0 Å². The Kier molecular flexibility index (Phi) is 4.26. The number of anilines is 1. The van der Waals surface area contributed by atoms with Crippen molar-refractivity contribution in [3.63, 3.8) is 0 Å². The normalized spacial score (nSPS) is 12.9. The number of nitrogens with zero attached hydrogens (tertiary/aromatic N) is 1. The minimum Gasteiger partial charge on any atom is -0.448 e. The van der Waals surface area contributed by atoms with E-state index in [0.29, 0.717) is 5.13 Å². The van der Waals surface area contributed by atoms with Gasteiger partial charge in [-0.2, -0.15) is 4.98 Å². The van der Waals surface area contributed by atoms with Crippen molar-refractivity contribution in [2.24, 2.45) is 0 Å². The number of rotatable bonds is 4. The molecule has 0 saturated carbocycles. The Morgan fingerprint density at radius 1 is 1.65 bits per heavy atom. The topological polar surface area (TPSA) is 123 Å². The van der Waals surface area contributed by atoms with Gasteiger partial charge in [-0.3, -0.25) is 4.57 Å². The number of aromatic nitrogens is 1. The molecule has 0 fully saturated rings. The smallest absolute Gasteiger partial charge is 0.362 e. The van der Waals surface area contributed by atoms with Crippen molar-refractivity contribution in [2.45, 2.75) is 19.1 Å². The van der Waals surface area contributed by atoms with E-state index < -0.39 is 30.4 Å². The molecule has 1 aromatic heterocycles. The largest absolute Gasteiger partial charge is 0.448 e. The summed E-state index contributed by atoms with van der Waals surface area (Å²) >= 11 is 0. The fraction of sp³-hybridized carbons (Fsp3) is 0.500. The van der Waals surface area contributed by atoms with Crippen molar-refractivity contribution < 1.29 is 23.9 Å². The molecule has 1 unspecified atom stereocenters. The quantitative estimate of drug-likeness (QED) is 0.431. The van der Waals surface area contributed by atoms with E-state index in [-0.39, 0.29) is 10.9 Å². The van der Waals surface area contributed by atoms with Gasteiger partial charge in [0, 0.05) is 10.5 Å². The number of nitrogen functional groups attached to an aromatic ring is 1. The van der Waals surface area contributed by atoms with Crippen LogP contribution in [0.4, 0.5) is 5.13 Å². The van der Waals surface area contributed by atoms with Crippen LogP contribution in [0, 0.1) is 0 Å². The molecule has 17 heavy (non-hydrogen) atoms. The van der Waals surface area contributed by atoms with Crippen molar-refractivity contribution in [1.82, 2.24) is 4.98 Å². The number of ether oxygens (including phenoxy) is 1. The average molecular weight is 281 g/mol. The van der Waals surface area contributed by atoms with Gasteiger partial charge in [-0.05, 0) is 13.8 Å². The van der Waals surface area contributed by atoms with Gasteiger partial charge >= 0.3 is 18.7 Å². The SMILES string of the molecule is CC(C)[s+]1cc(C(=O)OCP(=O)(O)O)nc1N. The number of carbonyl (C=O) groups excluding carboxylic acids is 1. The highest BCUT2D eigenvalue weighted by Crippen LogP contribution is 2.38. The summed E-state index contributed by atoms with van der Waals surface area (Å²) in [6.07, 6.45) is -0.950. The van der Waals surface area contributed by atoms with Gasteiger partial charge in [-0.1, -0.05) is 0 Å². The Morgan fingerprint density at radius 2 is 2.24 bits per heavy atom. The monoisotopic (exact) mass is 281 g/mol. The highest BCUT2D eigenvalue weighted by molar-refractivity contribution is 7.51. The highest BCUT2D eigenvalue weighted by Gasteiger charge is 2.26. The second-order valence-corrected chi connectivity index (χ2v) is 7.53. The van der Waals surface area contributed by atoms with Crippen molar-refractivity contribution >= 4 is 29.2 Å². The maximum absolute atomic E-state index is 11.4. The first-order valence-corrected chi connectivity index (χ1v) is 7.85.